The third-order valence-electron chi connectivity index (χ3n) is 5.26. The van der Waals surface area contributed by atoms with Crippen LogP contribution in [0.2, 0.25) is 0 Å². The molecule has 9 heteroatoms. The second-order valence-corrected chi connectivity index (χ2v) is 8.01. The zero-order valence-corrected chi connectivity index (χ0v) is 18.4. The minimum atomic E-state index is -1.12. The summed E-state index contributed by atoms with van der Waals surface area (Å²) in [6.45, 7) is 4.36. The molecule has 1 aliphatic rings. The van der Waals surface area contributed by atoms with Crippen LogP contribution in [0.25, 0.3) is 0 Å². The number of amides is 1. The van der Waals surface area contributed by atoms with Gasteiger partial charge in [-0.25, -0.2) is 4.98 Å². The van der Waals surface area contributed by atoms with E-state index < -0.39 is 11.6 Å². The van der Waals surface area contributed by atoms with E-state index in [1.807, 2.05) is 13.8 Å². The number of rotatable bonds is 9. The first kappa shape index (κ1) is 23.4. The quantitative estimate of drug-likeness (QED) is 0.511. The van der Waals surface area contributed by atoms with Crippen LogP contribution in [0.5, 0.6) is 5.88 Å². The van der Waals surface area contributed by atoms with Crippen molar-refractivity contribution in [1.29, 1.82) is 5.41 Å². The molecule has 0 aliphatic carbocycles. The minimum Gasteiger partial charge on any atom is -0.480 e. The molecular weight excluding hydrogens is 412 g/mol. The lowest BCUT2D eigenvalue weighted by Crippen LogP contribution is -2.47. The summed E-state index contributed by atoms with van der Waals surface area (Å²) < 4.78 is 11.1. The normalized spacial score (nSPS) is 18.5. The Hall–Kier alpha value is -3.30. The Bertz CT molecular complexity index is 992. The van der Waals surface area contributed by atoms with Crippen LogP contribution >= 0.6 is 0 Å². The van der Waals surface area contributed by atoms with Gasteiger partial charge in [0.2, 0.25) is 5.88 Å². The molecule has 1 aromatic heterocycles. The fourth-order valence-corrected chi connectivity index (χ4v) is 3.63. The summed E-state index contributed by atoms with van der Waals surface area (Å²) in [7, 11) is 1.45. The fourth-order valence-electron chi connectivity index (χ4n) is 3.63. The Balaban J connectivity index is 1.71. The van der Waals surface area contributed by atoms with E-state index >= 15 is 0 Å². The molecule has 0 spiro atoms. The van der Waals surface area contributed by atoms with Gasteiger partial charge in [-0.15, -0.1) is 0 Å². The maximum atomic E-state index is 13.0. The largest absolute Gasteiger partial charge is 0.480 e. The van der Waals surface area contributed by atoms with Crippen LogP contribution in [0.1, 0.15) is 31.4 Å². The smallest absolute Gasteiger partial charge is 0.317 e. The average Bonchev–Trinajstić information content (AvgIpc) is 3.17. The lowest BCUT2D eigenvalue weighted by molar-refractivity contribution is -0.140. The maximum Gasteiger partial charge on any atom is 0.317 e. The number of benzene rings is 1. The van der Waals surface area contributed by atoms with Gasteiger partial charge in [0.15, 0.2) is 5.60 Å². The number of hydrogen-bond donors (Lipinski definition) is 3. The molecule has 1 atom stereocenters. The van der Waals surface area contributed by atoms with E-state index in [4.69, 9.17) is 20.0 Å². The molecule has 32 heavy (non-hydrogen) atoms. The molecule has 0 unspecified atom stereocenters. The van der Waals surface area contributed by atoms with E-state index in [2.05, 4.69) is 10.3 Å². The van der Waals surface area contributed by atoms with E-state index in [0.717, 1.165) is 0 Å². The highest BCUT2D eigenvalue weighted by Crippen LogP contribution is 2.27. The molecule has 0 radical (unpaired) electrons. The number of carboxylic acid groups (broad SMARTS) is 1. The Labute approximate surface area is 186 Å². The van der Waals surface area contributed by atoms with Gasteiger partial charge in [-0.1, -0.05) is 12.1 Å². The molecule has 0 saturated carbocycles. The lowest BCUT2D eigenvalue weighted by atomic mass is 10.0. The summed E-state index contributed by atoms with van der Waals surface area (Å²) >= 11 is 0. The van der Waals surface area contributed by atoms with Gasteiger partial charge in [0.25, 0.3) is 5.91 Å². The Morgan fingerprint density at radius 2 is 2.06 bits per heavy atom. The van der Waals surface area contributed by atoms with Gasteiger partial charge in [0, 0.05) is 49.3 Å². The van der Waals surface area contributed by atoms with Crippen molar-refractivity contribution in [3.8, 4) is 5.88 Å². The minimum absolute atomic E-state index is 0.0135. The Kier molecular flexibility index (Phi) is 7.22. The first-order valence-electron chi connectivity index (χ1n) is 10.4. The summed E-state index contributed by atoms with van der Waals surface area (Å²) in [6.07, 6.45) is 2.00. The number of carbonyl (C=O) groups is 2. The predicted octanol–water partition coefficient (Wildman–Crippen LogP) is 2.40. The molecular formula is C23H28N4O5. The number of methoxy groups -OCH3 is 1. The summed E-state index contributed by atoms with van der Waals surface area (Å²) in [5.41, 5.74) is 0.915. The zero-order valence-electron chi connectivity index (χ0n) is 18.4. The number of hydrogen-bond acceptors (Lipinski definition) is 7. The zero-order chi connectivity index (χ0) is 23.3. The molecule has 1 amide bonds. The first-order chi connectivity index (χ1) is 15.2. The van der Waals surface area contributed by atoms with E-state index in [1.54, 1.807) is 47.5 Å². The maximum absolute atomic E-state index is 13.0. The van der Waals surface area contributed by atoms with E-state index in [1.165, 1.54) is 7.11 Å². The van der Waals surface area contributed by atoms with Crippen LogP contribution in [0.3, 0.4) is 0 Å². The van der Waals surface area contributed by atoms with E-state index in [0.29, 0.717) is 35.7 Å². The topological polar surface area (TPSA) is 125 Å². The summed E-state index contributed by atoms with van der Waals surface area (Å²) in [5, 5.41) is 20.4. The van der Waals surface area contributed by atoms with Crippen molar-refractivity contribution in [1.82, 2.24) is 9.88 Å². The van der Waals surface area contributed by atoms with Gasteiger partial charge in [-0.05, 0) is 38.5 Å². The molecule has 1 aromatic carbocycles. The van der Waals surface area contributed by atoms with Crippen molar-refractivity contribution in [2.45, 2.75) is 32.0 Å². The van der Waals surface area contributed by atoms with Gasteiger partial charge in [0.1, 0.15) is 0 Å². The molecule has 3 N–H and O–H groups in total. The van der Waals surface area contributed by atoms with Crippen LogP contribution in [0, 0.1) is 5.41 Å². The van der Waals surface area contributed by atoms with Gasteiger partial charge < -0.3 is 19.9 Å². The number of nitrogens with one attached hydrogen (secondary N) is 2. The number of aromatic nitrogens is 1. The molecule has 1 aliphatic heterocycles. The first-order valence-corrected chi connectivity index (χ1v) is 10.4. The van der Waals surface area contributed by atoms with Crippen molar-refractivity contribution < 1.29 is 24.2 Å². The number of carboxylic acids is 1. The molecule has 9 nitrogen and oxygen atoms in total. The number of nitrogens with zero attached hydrogens (tertiary/aromatic N) is 2. The van der Waals surface area contributed by atoms with Crippen LogP contribution in [-0.4, -0.2) is 71.0 Å². The number of anilines is 1. The molecule has 1 saturated heterocycles. The van der Waals surface area contributed by atoms with Crippen LogP contribution < -0.4 is 10.1 Å². The Morgan fingerprint density at radius 1 is 1.28 bits per heavy atom. The third kappa shape index (κ3) is 5.49. The number of aliphatic carboxylic acids is 1. The fraction of sp³-hybridized carbons (Fsp3) is 0.391. The number of ether oxygens (including phenoxy) is 2. The lowest BCUT2D eigenvalue weighted by Gasteiger charge is -2.26. The standard InChI is InChI=1S/C23H28N4O5/c1-15(2)32-19-8-7-17(12-25-19)21(24)16-5-4-6-18(11-16)26-22(30)23(31-3)9-10-27(14-23)13-20(28)29/h4-8,11-12,15,24H,9-10,13-14H2,1-3H3,(H,26,30)(H,28,29)/t23-/m0/s1. The van der Waals surface area contributed by atoms with Crippen molar-refractivity contribution in [3.63, 3.8) is 0 Å². The van der Waals surface area contributed by atoms with Crippen molar-refractivity contribution in [3.05, 3.63) is 53.7 Å². The predicted molar refractivity (Wildman–Crippen MR) is 119 cm³/mol. The van der Waals surface area contributed by atoms with Crippen LogP contribution in [0.15, 0.2) is 42.6 Å². The average molecular weight is 441 g/mol. The van der Waals surface area contributed by atoms with Gasteiger partial charge >= 0.3 is 5.97 Å². The second kappa shape index (κ2) is 9.88. The van der Waals surface area contributed by atoms with Crippen molar-refractivity contribution >= 4 is 23.3 Å². The number of pyridine rings is 1. The van der Waals surface area contributed by atoms with E-state index in [9.17, 15) is 9.59 Å². The second-order valence-electron chi connectivity index (χ2n) is 8.01. The molecule has 2 heterocycles. The SMILES string of the molecule is CO[C@@]1(C(=O)Nc2cccc(C(=N)c3ccc(OC(C)C)nc3)c2)CCN(CC(=O)O)C1. The Morgan fingerprint density at radius 3 is 2.69 bits per heavy atom. The van der Waals surface area contributed by atoms with Gasteiger partial charge in [-0.3, -0.25) is 19.9 Å². The monoisotopic (exact) mass is 440 g/mol. The number of likely N-dealkylation sites (tertiary alicyclic amines) is 1. The number of carbonyl (C=O) groups excluding carboxylic acids is 1. The summed E-state index contributed by atoms with van der Waals surface area (Å²) in [5.74, 6) is -0.786. The van der Waals surface area contributed by atoms with Crippen molar-refractivity contribution in [2.24, 2.45) is 0 Å². The van der Waals surface area contributed by atoms with Crippen LogP contribution in [-0.2, 0) is 14.3 Å². The highest BCUT2D eigenvalue weighted by Gasteiger charge is 2.45. The van der Waals surface area contributed by atoms with Crippen LogP contribution in [0.4, 0.5) is 5.69 Å². The molecule has 3 rings (SSSR count). The van der Waals surface area contributed by atoms with Gasteiger partial charge in [0.05, 0.1) is 18.4 Å². The molecule has 170 valence electrons. The summed E-state index contributed by atoms with van der Waals surface area (Å²) in [6, 6.07) is 10.5. The van der Waals surface area contributed by atoms with E-state index in [-0.39, 0.29) is 30.8 Å². The molecule has 0 bridgehead atoms. The highest BCUT2D eigenvalue weighted by atomic mass is 16.5. The highest BCUT2D eigenvalue weighted by molar-refractivity contribution is 6.11. The van der Waals surface area contributed by atoms with Crippen molar-refractivity contribution in [2.75, 3.05) is 32.1 Å². The molecule has 1 fully saturated rings. The third-order valence-corrected chi connectivity index (χ3v) is 5.26. The summed E-state index contributed by atoms with van der Waals surface area (Å²) in [4.78, 5) is 29.9. The van der Waals surface area contributed by atoms with Gasteiger partial charge in [-0.2, -0.15) is 0 Å². The molecule has 2 aromatic rings.